The lowest BCUT2D eigenvalue weighted by Crippen LogP contribution is -2.01. The zero-order valence-electron chi connectivity index (χ0n) is 8.41. The quantitative estimate of drug-likeness (QED) is 0.783. The monoisotopic (exact) mass is 362 g/mol. The number of Topliss-reactive ketones (excluding diaryl/α,β-unsaturated/α-hetero) is 1. The molecule has 0 unspecified atom stereocenters. The smallest absolute Gasteiger partial charge is 0.169 e. The highest BCUT2D eigenvalue weighted by atomic mass is 79.9. The molecule has 0 aliphatic carbocycles. The normalized spacial score (nSPS) is 10.7. The second-order valence-corrected chi connectivity index (χ2v) is 7.11. The van der Waals surface area contributed by atoms with Gasteiger partial charge in [0.1, 0.15) is 0 Å². The molecule has 0 bridgehead atoms. The van der Waals surface area contributed by atoms with Gasteiger partial charge in [0.05, 0.1) is 13.8 Å². The van der Waals surface area contributed by atoms with Crippen molar-refractivity contribution in [2.75, 3.05) is 0 Å². The van der Waals surface area contributed by atoms with Crippen LogP contribution >= 0.6 is 43.2 Å². The summed E-state index contributed by atoms with van der Waals surface area (Å²) in [4.78, 5) is 12.0. The van der Waals surface area contributed by atoms with Gasteiger partial charge in [-0.05, 0) is 43.5 Å². The minimum atomic E-state index is 0.0989. The Bertz CT molecular complexity index is 533. The molecule has 2 heterocycles. The van der Waals surface area contributed by atoms with Gasteiger partial charge in [-0.3, -0.25) is 9.48 Å². The van der Waals surface area contributed by atoms with Crippen LogP contribution in [0.15, 0.2) is 26.0 Å². The summed E-state index contributed by atoms with van der Waals surface area (Å²) in [6.07, 6.45) is 3.95. The van der Waals surface area contributed by atoms with E-state index in [1.165, 1.54) is 11.3 Å². The molecule has 0 N–H and O–H groups in total. The fourth-order valence-corrected chi connectivity index (χ4v) is 4.23. The number of halogens is 2. The van der Waals surface area contributed by atoms with E-state index in [2.05, 4.69) is 37.0 Å². The molecule has 6 heteroatoms. The van der Waals surface area contributed by atoms with E-state index in [0.29, 0.717) is 6.42 Å². The second kappa shape index (κ2) is 4.81. The van der Waals surface area contributed by atoms with Crippen LogP contribution in [0.3, 0.4) is 0 Å². The molecule has 0 aliphatic heterocycles. The van der Waals surface area contributed by atoms with Gasteiger partial charge in [0.2, 0.25) is 0 Å². The van der Waals surface area contributed by atoms with Crippen molar-refractivity contribution in [2.24, 2.45) is 7.05 Å². The summed E-state index contributed by atoms with van der Waals surface area (Å²) in [5, 5.41) is 4.04. The Balaban J connectivity index is 2.17. The van der Waals surface area contributed by atoms with Crippen molar-refractivity contribution in [3.05, 3.63) is 37.2 Å². The number of aryl methyl sites for hydroxylation is 1. The Hall–Kier alpha value is -0.460. The number of carbonyl (C=O) groups is 1. The number of aromatic nitrogens is 2. The molecule has 0 aromatic carbocycles. The maximum Gasteiger partial charge on any atom is 0.169 e. The fraction of sp³-hybridized carbons (Fsp3) is 0.200. The number of thiophene rings is 1. The lowest BCUT2D eigenvalue weighted by molar-refractivity contribution is 0.0992. The largest absolute Gasteiger partial charge is 0.294 e. The van der Waals surface area contributed by atoms with Crippen LogP contribution in [0.1, 0.15) is 15.9 Å². The van der Waals surface area contributed by atoms with Gasteiger partial charge < -0.3 is 0 Å². The van der Waals surface area contributed by atoms with Gasteiger partial charge in [0.15, 0.2) is 5.78 Å². The van der Waals surface area contributed by atoms with Crippen LogP contribution in [0.4, 0.5) is 0 Å². The Morgan fingerprint density at radius 1 is 1.56 bits per heavy atom. The van der Waals surface area contributed by atoms with Crippen molar-refractivity contribution in [1.29, 1.82) is 0 Å². The van der Waals surface area contributed by atoms with E-state index < -0.39 is 0 Å². The standard InChI is InChI=1S/C10H8Br2N2OS/c1-14-5-6(4-13-14)2-8(15)7-3-9(11)16-10(7)12/h3-5H,2H2,1H3. The fourth-order valence-electron chi connectivity index (χ4n) is 1.37. The highest BCUT2D eigenvalue weighted by Gasteiger charge is 2.14. The zero-order chi connectivity index (χ0) is 11.7. The average Bonchev–Trinajstić information content (AvgIpc) is 2.73. The first-order valence-electron chi connectivity index (χ1n) is 4.52. The van der Waals surface area contributed by atoms with E-state index >= 15 is 0 Å². The molecule has 2 aromatic heterocycles. The summed E-state index contributed by atoms with van der Waals surface area (Å²) < 4.78 is 3.52. The van der Waals surface area contributed by atoms with Gasteiger partial charge in [0.25, 0.3) is 0 Å². The molecular formula is C10H8Br2N2OS. The van der Waals surface area contributed by atoms with Crippen molar-refractivity contribution in [3.8, 4) is 0 Å². The van der Waals surface area contributed by atoms with E-state index in [0.717, 1.165) is 18.7 Å². The topological polar surface area (TPSA) is 34.9 Å². The molecule has 0 aliphatic rings. The van der Waals surface area contributed by atoms with Crippen molar-refractivity contribution in [3.63, 3.8) is 0 Å². The Morgan fingerprint density at radius 2 is 2.31 bits per heavy atom. The summed E-state index contributed by atoms with van der Waals surface area (Å²) in [5.41, 5.74) is 1.66. The van der Waals surface area contributed by atoms with Crippen LogP contribution in [-0.2, 0) is 13.5 Å². The molecular weight excluding hydrogens is 356 g/mol. The molecule has 2 rings (SSSR count). The Labute approximate surface area is 114 Å². The maximum atomic E-state index is 12.0. The number of hydrogen-bond acceptors (Lipinski definition) is 3. The third-order valence-corrected chi connectivity index (χ3v) is 4.42. The zero-order valence-corrected chi connectivity index (χ0v) is 12.4. The van der Waals surface area contributed by atoms with Gasteiger partial charge in [-0.2, -0.15) is 5.10 Å². The number of carbonyl (C=O) groups excluding carboxylic acids is 1. The van der Waals surface area contributed by atoms with E-state index in [-0.39, 0.29) is 5.78 Å². The summed E-state index contributed by atoms with van der Waals surface area (Å²) in [5.74, 6) is 0.0989. The number of ketones is 1. The molecule has 0 atom stereocenters. The van der Waals surface area contributed by atoms with E-state index in [9.17, 15) is 4.79 Å². The summed E-state index contributed by atoms with van der Waals surface area (Å²) >= 11 is 8.25. The molecule has 84 valence electrons. The van der Waals surface area contributed by atoms with Crippen LogP contribution < -0.4 is 0 Å². The summed E-state index contributed by atoms with van der Waals surface area (Å²) in [6.45, 7) is 0. The minimum absolute atomic E-state index is 0.0989. The van der Waals surface area contributed by atoms with Crippen molar-refractivity contribution in [2.45, 2.75) is 6.42 Å². The maximum absolute atomic E-state index is 12.0. The number of rotatable bonds is 3. The predicted molar refractivity (Wildman–Crippen MR) is 71.0 cm³/mol. The highest BCUT2D eigenvalue weighted by Crippen LogP contribution is 2.32. The second-order valence-electron chi connectivity index (χ2n) is 3.36. The number of hydrogen-bond donors (Lipinski definition) is 0. The summed E-state index contributed by atoms with van der Waals surface area (Å²) in [6, 6.07) is 1.84. The SMILES string of the molecule is Cn1cc(CC(=O)c2cc(Br)sc2Br)cn1. The van der Waals surface area contributed by atoms with E-state index in [4.69, 9.17) is 0 Å². The van der Waals surface area contributed by atoms with Crippen molar-refractivity contribution in [1.82, 2.24) is 9.78 Å². The predicted octanol–water partition coefficient (Wildman–Crippen LogP) is 3.43. The van der Waals surface area contributed by atoms with Gasteiger partial charge in [-0.15, -0.1) is 11.3 Å². The molecule has 0 saturated heterocycles. The van der Waals surface area contributed by atoms with Crippen molar-refractivity contribution < 1.29 is 4.79 Å². The molecule has 3 nitrogen and oxygen atoms in total. The first kappa shape index (κ1) is 12.0. The molecule has 0 amide bonds. The average molecular weight is 364 g/mol. The third kappa shape index (κ3) is 2.61. The molecule has 0 spiro atoms. The molecule has 0 saturated carbocycles. The van der Waals surface area contributed by atoms with Crippen LogP contribution in [0, 0.1) is 0 Å². The first-order chi connectivity index (χ1) is 7.56. The lowest BCUT2D eigenvalue weighted by Gasteiger charge is -1.96. The van der Waals surface area contributed by atoms with Crippen LogP contribution in [0.2, 0.25) is 0 Å². The number of nitrogens with zero attached hydrogens (tertiary/aromatic N) is 2. The van der Waals surface area contributed by atoms with E-state index in [1.807, 2.05) is 19.3 Å². The molecule has 0 radical (unpaired) electrons. The molecule has 0 fully saturated rings. The lowest BCUT2D eigenvalue weighted by atomic mass is 10.1. The Kier molecular flexibility index (Phi) is 3.61. The van der Waals surface area contributed by atoms with Gasteiger partial charge in [-0.1, -0.05) is 0 Å². The Morgan fingerprint density at radius 3 is 2.81 bits per heavy atom. The van der Waals surface area contributed by atoms with Crippen LogP contribution in [0.25, 0.3) is 0 Å². The van der Waals surface area contributed by atoms with E-state index in [1.54, 1.807) is 10.9 Å². The first-order valence-corrected chi connectivity index (χ1v) is 6.92. The van der Waals surface area contributed by atoms with Crippen LogP contribution in [-0.4, -0.2) is 15.6 Å². The van der Waals surface area contributed by atoms with Crippen molar-refractivity contribution >= 4 is 49.0 Å². The summed E-state index contributed by atoms with van der Waals surface area (Å²) in [7, 11) is 1.84. The van der Waals surface area contributed by atoms with Gasteiger partial charge >= 0.3 is 0 Å². The minimum Gasteiger partial charge on any atom is -0.294 e. The molecule has 2 aromatic rings. The van der Waals surface area contributed by atoms with Gasteiger partial charge in [-0.25, -0.2) is 0 Å². The third-order valence-electron chi connectivity index (χ3n) is 2.08. The highest BCUT2D eigenvalue weighted by molar-refractivity contribution is 9.12. The molecule has 16 heavy (non-hydrogen) atoms. The van der Waals surface area contributed by atoms with Crippen LogP contribution in [0.5, 0.6) is 0 Å². The van der Waals surface area contributed by atoms with Gasteiger partial charge in [0, 0.05) is 25.2 Å².